The normalized spacial score (nSPS) is 14.0. The number of oxazole rings is 1. The molecule has 0 bridgehead atoms. The highest BCUT2D eigenvalue weighted by atomic mass is 32.2. The maximum absolute atomic E-state index is 12.8. The highest BCUT2D eigenvalue weighted by molar-refractivity contribution is 7.59. The first-order valence-corrected chi connectivity index (χ1v) is 12.4. The van der Waals surface area contributed by atoms with Crippen molar-refractivity contribution in [1.82, 2.24) is 4.98 Å². The fraction of sp³-hybridized carbons (Fsp3) is 0.269. The minimum atomic E-state index is -3.11. The highest BCUT2D eigenvalue weighted by Gasteiger charge is 2.32. The summed E-state index contributed by atoms with van der Waals surface area (Å²) in [7, 11) is -3.11. The van der Waals surface area contributed by atoms with Crippen LogP contribution in [0.5, 0.6) is 0 Å². The van der Waals surface area contributed by atoms with Crippen LogP contribution in [-0.4, -0.2) is 40.8 Å². The number of hydrogen-bond acceptors (Lipinski definition) is 9. The molecule has 37 heavy (non-hydrogen) atoms. The number of para-hydroxylation sites is 2. The van der Waals surface area contributed by atoms with Crippen molar-refractivity contribution in [1.29, 1.82) is 0 Å². The molecule has 0 radical (unpaired) electrons. The summed E-state index contributed by atoms with van der Waals surface area (Å²) >= 11 is 0. The van der Waals surface area contributed by atoms with Gasteiger partial charge < -0.3 is 18.8 Å². The number of carbonyl (C=O) groups is 1. The second-order valence-corrected chi connectivity index (χ2v) is 9.58. The lowest BCUT2D eigenvalue weighted by molar-refractivity contribution is -0.137. The van der Waals surface area contributed by atoms with Crippen molar-refractivity contribution < 1.29 is 31.4 Å². The van der Waals surface area contributed by atoms with Crippen molar-refractivity contribution in [2.75, 3.05) is 11.4 Å². The summed E-state index contributed by atoms with van der Waals surface area (Å²) in [5.41, 5.74) is 4.26. The lowest BCUT2D eigenvalue weighted by atomic mass is 9.88. The standard InChI is InChI=1S/C26H24N2O5.O3S/c1-15-14-26(2,3)28(10-6-9-23(29)30)20-13-22-16(11-17(15)20)12-18(25(31)33-22)24-27-19-7-4-5-8-21(19)32-24;1-4(2)3/h4-5,7-8,11-14H,6,9-10H2,1-3H3,(H,29,30);. The molecule has 0 fully saturated rings. The number of rotatable bonds is 5. The van der Waals surface area contributed by atoms with Gasteiger partial charge in [-0.2, -0.15) is 0 Å². The molecule has 192 valence electrons. The van der Waals surface area contributed by atoms with E-state index in [1.165, 1.54) is 0 Å². The molecule has 3 heterocycles. The Labute approximate surface area is 212 Å². The van der Waals surface area contributed by atoms with Gasteiger partial charge in [0.15, 0.2) is 5.58 Å². The molecule has 0 atom stereocenters. The van der Waals surface area contributed by atoms with Crippen molar-refractivity contribution in [3.05, 3.63) is 64.5 Å². The monoisotopic (exact) mass is 524 g/mol. The van der Waals surface area contributed by atoms with E-state index in [-0.39, 0.29) is 23.4 Å². The lowest BCUT2D eigenvalue weighted by Gasteiger charge is -2.43. The molecule has 2 aromatic heterocycles. The third kappa shape index (κ3) is 5.46. The van der Waals surface area contributed by atoms with Crippen LogP contribution in [0.1, 0.15) is 39.2 Å². The van der Waals surface area contributed by atoms with Gasteiger partial charge in [0.2, 0.25) is 5.89 Å². The minimum Gasteiger partial charge on any atom is -0.481 e. The summed E-state index contributed by atoms with van der Waals surface area (Å²) < 4.78 is 36.8. The number of carboxylic acids is 1. The Bertz CT molecular complexity index is 1680. The third-order valence-electron chi connectivity index (χ3n) is 6.13. The van der Waals surface area contributed by atoms with Crippen LogP contribution in [0.2, 0.25) is 0 Å². The van der Waals surface area contributed by atoms with Crippen molar-refractivity contribution in [3.8, 4) is 11.5 Å². The molecule has 10 nitrogen and oxygen atoms in total. The average molecular weight is 525 g/mol. The minimum absolute atomic E-state index is 0.0983. The Kier molecular flexibility index (Phi) is 6.99. The number of benzene rings is 2. The molecule has 0 saturated heterocycles. The van der Waals surface area contributed by atoms with E-state index in [1.54, 1.807) is 12.1 Å². The fourth-order valence-electron chi connectivity index (χ4n) is 4.62. The van der Waals surface area contributed by atoms with Crippen molar-refractivity contribution in [3.63, 3.8) is 0 Å². The fourth-order valence-corrected chi connectivity index (χ4v) is 4.62. The molecule has 0 amide bonds. The van der Waals surface area contributed by atoms with E-state index in [2.05, 4.69) is 36.7 Å². The zero-order chi connectivity index (χ0) is 26.9. The van der Waals surface area contributed by atoms with E-state index < -0.39 is 22.2 Å². The first-order valence-electron chi connectivity index (χ1n) is 11.4. The van der Waals surface area contributed by atoms with Crippen LogP contribution in [0, 0.1) is 0 Å². The van der Waals surface area contributed by atoms with E-state index in [0.717, 1.165) is 22.2 Å². The zero-order valence-electron chi connectivity index (χ0n) is 20.3. The van der Waals surface area contributed by atoms with Crippen LogP contribution in [0.4, 0.5) is 5.69 Å². The molecule has 5 rings (SSSR count). The molecule has 2 aromatic carbocycles. The average Bonchev–Trinajstić information content (AvgIpc) is 3.23. The summed E-state index contributed by atoms with van der Waals surface area (Å²) in [6.45, 7) is 6.82. The maximum Gasteiger partial charge on any atom is 0.425 e. The Morgan fingerprint density at radius 3 is 2.41 bits per heavy atom. The second-order valence-electron chi connectivity index (χ2n) is 9.18. The van der Waals surface area contributed by atoms with Gasteiger partial charge in [-0.3, -0.25) is 4.79 Å². The molecule has 1 aliphatic heterocycles. The van der Waals surface area contributed by atoms with Crippen molar-refractivity contribution >= 4 is 49.9 Å². The molecular weight excluding hydrogens is 500 g/mol. The number of nitrogens with zero attached hydrogens (tertiary/aromatic N) is 2. The molecule has 1 N–H and O–H groups in total. The van der Waals surface area contributed by atoms with E-state index in [9.17, 15) is 9.59 Å². The summed E-state index contributed by atoms with van der Waals surface area (Å²) in [4.78, 5) is 30.5. The van der Waals surface area contributed by atoms with Gasteiger partial charge in [-0.05, 0) is 57.0 Å². The molecule has 11 heteroatoms. The van der Waals surface area contributed by atoms with Crippen LogP contribution >= 0.6 is 0 Å². The smallest absolute Gasteiger partial charge is 0.425 e. The number of hydrogen-bond donors (Lipinski definition) is 1. The Morgan fingerprint density at radius 1 is 1.05 bits per heavy atom. The SMILES string of the molecule is CC1=CC(C)(C)N(CCCC(=O)O)c2cc3oc(=O)c(-c4nc5ccccc5o4)cc3cc21.O=S(=O)=O. The van der Waals surface area contributed by atoms with Crippen LogP contribution in [0.15, 0.2) is 62.2 Å². The van der Waals surface area contributed by atoms with Crippen molar-refractivity contribution in [2.24, 2.45) is 0 Å². The Balaban J connectivity index is 0.000000747. The summed E-state index contributed by atoms with van der Waals surface area (Å²) in [6, 6.07) is 13.0. The van der Waals surface area contributed by atoms with Gasteiger partial charge in [-0.25, -0.2) is 9.78 Å². The molecule has 0 unspecified atom stereocenters. The van der Waals surface area contributed by atoms with Gasteiger partial charge in [0.25, 0.3) is 0 Å². The first kappa shape index (κ1) is 25.8. The van der Waals surface area contributed by atoms with Gasteiger partial charge in [-0.15, -0.1) is 12.6 Å². The first-order chi connectivity index (χ1) is 17.5. The molecule has 0 saturated carbocycles. The van der Waals surface area contributed by atoms with Crippen LogP contribution in [-0.2, 0) is 15.4 Å². The summed E-state index contributed by atoms with van der Waals surface area (Å²) in [6.07, 6.45) is 2.80. The van der Waals surface area contributed by atoms with E-state index in [1.807, 2.05) is 30.3 Å². The molecule has 0 spiro atoms. The summed E-state index contributed by atoms with van der Waals surface area (Å²) in [5.74, 6) is -0.582. The summed E-state index contributed by atoms with van der Waals surface area (Å²) in [5, 5.41) is 9.82. The largest absolute Gasteiger partial charge is 0.481 e. The highest BCUT2D eigenvalue weighted by Crippen LogP contribution is 2.41. The van der Waals surface area contributed by atoms with Gasteiger partial charge in [0.05, 0.1) is 5.54 Å². The quantitative estimate of drug-likeness (QED) is 0.371. The number of anilines is 1. The third-order valence-corrected chi connectivity index (χ3v) is 6.13. The lowest BCUT2D eigenvalue weighted by Crippen LogP contribution is -2.45. The van der Waals surface area contributed by atoms with Gasteiger partial charge in [0, 0.05) is 35.7 Å². The second kappa shape index (κ2) is 10.0. The van der Waals surface area contributed by atoms with E-state index in [0.29, 0.717) is 29.6 Å². The van der Waals surface area contributed by atoms with E-state index in [4.69, 9.17) is 26.6 Å². The van der Waals surface area contributed by atoms with Gasteiger partial charge in [0.1, 0.15) is 16.7 Å². The molecule has 4 aromatic rings. The topological polar surface area (TPSA) is 148 Å². The molecule has 0 aliphatic carbocycles. The molecular formula is C26H24N2O8S. The van der Waals surface area contributed by atoms with Gasteiger partial charge in [-0.1, -0.05) is 18.2 Å². The molecule has 1 aliphatic rings. The van der Waals surface area contributed by atoms with Gasteiger partial charge >= 0.3 is 22.2 Å². The number of fused-ring (bicyclic) bond motifs is 3. The van der Waals surface area contributed by atoms with Crippen LogP contribution < -0.4 is 10.5 Å². The number of carboxylic acid groups (broad SMARTS) is 1. The number of aliphatic carboxylic acids is 1. The Hall–Kier alpha value is -4.25. The predicted octanol–water partition coefficient (Wildman–Crippen LogP) is 4.46. The van der Waals surface area contributed by atoms with Crippen LogP contribution in [0.3, 0.4) is 0 Å². The number of aromatic nitrogens is 1. The van der Waals surface area contributed by atoms with Crippen molar-refractivity contribution in [2.45, 2.75) is 39.2 Å². The van der Waals surface area contributed by atoms with Crippen LogP contribution in [0.25, 0.3) is 39.1 Å². The number of allylic oxidation sites excluding steroid dienone is 1. The predicted molar refractivity (Wildman–Crippen MR) is 137 cm³/mol. The maximum atomic E-state index is 12.8. The zero-order valence-corrected chi connectivity index (χ0v) is 21.2. The Morgan fingerprint density at radius 2 is 1.73 bits per heavy atom. The van der Waals surface area contributed by atoms with E-state index >= 15 is 0 Å².